The summed E-state index contributed by atoms with van der Waals surface area (Å²) in [5.74, 6) is 0. The molecule has 0 saturated heterocycles. The predicted molar refractivity (Wildman–Crippen MR) is 102 cm³/mol. The second-order valence-electron chi connectivity index (χ2n) is 6.39. The van der Waals surface area contributed by atoms with Gasteiger partial charge in [-0.05, 0) is 67.9 Å². The summed E-state index contributed by atoms with van der Waals surface area (Å²) in [7, 11) is 0. The molecule has 23 heavy (non-hydrogen) atoms. The Morgan fingerprint density at radius 1 is 0.870 bits per heavy atom. The number of benzene rings is 2. The van der Waals surface area contributed by atoms with E-state index >= 15 is 0 Å². The molecule has 0 aliphatic rings. The number of aryl methyl sites for hydroxylation is 4. The van der Waals surface area contributed by atoms with Crippen molar-refractivity contribution in [2.75, 3.05) is 0 Å². The third-order valence-corrected chi connectivity index (χ3v) is 4.33. The van der Waals surface area contributed by atoms with Crippen molar-refractivity contribution in [3.05, 3.63) is 64.7 Å². The Balaban J connectivity index is 2.06. The Morgan fingerprint density at radius 2 is 1.48 bits per heavy atom. The number of aliphatic imine (C=N–C) groups is 1. The van der Waals surface area contributed by atoms with Gasteiger partial charge in [0.05, 0.1) is 5.69 Å². The zero-order chi connectivity index (χ0) is 16.7. The van der Waals surface area contributed by atoms with E-state index in [0.717, 1.165) is 37.8 Å². The van der Waals surface area contributed by atoms with Crippen LogP contribution in [-0.4, -0.2) is 5.71 Å². The Morgan fingerprint density at radius 3 is 2.13 bits per heavy atom. The summed E-state index contributed by atoms with van der Waals surface area (Å²) in [4.78, 5) is 4.80. The molecule has 1 heteroatoms. The maximum atomic E-state index is 4.80. The summed E-state index contributed by atoms with van der Waals surface area (Å²) < 4.78 is 0. The first-order valence-electron chi connectivity index (χ1n) is 8.84. The third kappa shape index (κ3) is 5.35. The molecule has 0 saturated carbocycles. The van der Waals surface area contributed by atoms with Gasteiger partial charge < -0.3 is 0 Å². The molecule has 1 nitrogen and oxygen atoms in total. The molecule has 0 N–H and O–H groups in total. The van der Waals surface area contributed by atoms with Crippen molar-refractivity contribution < 1.29 is 0 Å². The van der Waals surface area contributed by atoms with Gasteiger partial charge in [-0.2, -0.15) is 0 Å². The van der Waals surface area contributed by atoms with Crippen LogP contribution in [0.1, 0.15) is 55.9 Å². The lowest BCUT2D eigenvalue weighted by Crippen LogP contribution is -1.94. The van der Waals surface area contributed by atoms with Crippen molar-refractivity contribution in [1.82, 2.24) is 0 Å². The van der Waals surface area contributed by atoms with Gasteiger partial charge in [-0.15, -0.1) is 0 Å². The van der Waals surface area contributed by atoms with Crippen molar-refractivity contribution in [2.45, 2.75) is 59.8 Å². The van der Waals surface area contributed by atoms with Gasteiger partial charge in [-0.3, -0.25) is 4.99 Å². The average molecular weight is 307 g/mol. The van der Waals surface area contributed by atoms with Crippen molar-refractivity contribution in [3.63, 3.8) is 0 Å². The van der Waals surface area contributed by atoms with Crippen LogP contribution >= 0.6 is 0 Å². The topological polar surface area (TPSA) is 12.4 Å². The van der Waals surface area contributed by atoms with Crippen LogP contribution < -0.4 is 0 Å². The van der Waals surface area contributed by atoms with Gasteiger partial charge in [0.2, 0.25) is 0 Å². The SMILES string of the molecule is CCCC(C)=Nc1cc(CCc2ccc(CC)cc2)ccc1C. The second-order valence-corrected chi connectivity index (χ2v) is 6.39. The summed E-state index contributed by atoms with van der Waals surface area (Å²) in [5, 5.41) is 0. The molecule has 0 fully saturated rings. The minimum Gasteiger partial charge on any atom is -0.258 e. The fourth-order valence-electron chi connectivity index (χ4n) is 2.78. The van der Waals surface area contributed by atoms with E-state index in [9.17, 15) is 0 Å². The van der Waals surface area contributed by atoms with Gasteiger partial charge in [0.15, 0.2) is 0 Å². The monoisotopic (exact) mass is 307 g/mol. The molecule has 0 unspecified atom stereocenters. The minimum atomic E-state index is 1.07. The van der Waals surface area contributed by atoms with Gasteiger partial charge in [-0.25, -0.2) is 0 Å². The lowest BCUT2D eigenvalue weighted by Gasteiger charge is -2.08. The summed E-state index contributed by atoms with van der Waals surface area (Å²) in [6, 6.07) is 15.7. The standard InChI is InChI=1S/C22H29N/c1-5-7-18(4)23-22-16-21(9-8-17(22)3)15-14-20-12-10-19(6-2)11-13-20/h8-13,16H,5-7,14-15H2,1-4H3. The molecule has 122 valence electrons. The minimum absolute atomic E-state index is 1.07. The predicted octanol–water partition coefficient (Wildman–Crippen LogP) is 6.24. The van der Waals surface area contributed by atoms with Crippen LogP contribution in [0.4, 0.5) is 5.69 Å². The lowest BCUT2D eigenvalue weighted by atomic mass is 10.0. The molecule has 0 aliphatic carbocycles. The van der Waals surface area contributed by atoms with E-state index < -0.39 is 0 Å². The fraction of sp³-hybridized carbons (Fsp3) is 0.409. The summed E-state index contributed by atoms with van der Waals surface area (Å²) in [6.45, 7) is 8.67. The van der Waals surface area contributed by atoms with E-state index in [1.165, 1.54) is 28.0 Å². The lowest BCUT2D eigenvalue weighted by molar-refractivity contribution is 0.955. The Labute approximate surface area is 141 Å². The maximum Gasteiger partial charge on any atom is 0.0660 e. The van der Waals surface area contributed by atoms with E-state index in [1.807, 2.05) is 0 Å². The summed E-state index contributed by atoms with van der Waals surface area (Å²) >= 11 is 0. The first-order valence-corrected chi connectivity index (χ1v) is 8.84. The molecule has 0 radical (unpaired) electrons. The number of rotatable bonds is 7. The molecule has 0 aromatic heterocycles. The van der Waals surface area contributed by atoms with Gasteiger partial charge in [0.1, 0.15) is 0 Å². The molecule has 2 aromatic carbocycles. The van der Waals surface area contributed by atoms with Crippen LogP contribution in [0.3, 0.4) is 0 Å². The van der Waals surface area contributed by atoms with E-state index in [1.54, 1.807) is 0 Å². The van der Waals surface area contributed by atoms with E-state index in [2.05, 4.69) is 70.2 Å². The molecule has 2 rings (SSSR count). The summed E-state index contributed by atoms with van der Waals surface area (Å²) in [5.41, 5.74) is 7.81. The molecule has 0 spiro atoms. The number of nitrogens with zero attached hydrogens (tertiary/aromatic N) is 1. The molecule has 2 aromatic rings. The van der Waals surface area contributed by atoms with Crippen LogP contribution in [0.2, 0.25) is 0 Å². The van der Waals surface area contributed by atoms with Crippen molar-refractivity contribution in [1.29, 1.82) is 0 Å². The zero-order valence-corrected chi connectivity index (χ0v) is 15.0. The summed E-state index contributed by atoms with van der Waals surface area (Å²) in [6.07, 6.45) is 5.50. The van der Waals surface area contributed by atoms with Crippen LogP contribution in [0.25, 0.3) is 0 Å². The Hall–Kier alpha value is -1.89. The van der Waals surface area contributed by atoms with Crippen molar-refractivity contribution in [3.8, 4) is 0 Å². The fourth-order valence-corrected chi connectivity index (χ4v) is 2.78. The smallest absolute Gasteiger partial charge is 0.0660 e. The Kier molecular flexibility index (Phi) is 6.58. The van der Waals surface area contributed by atoms with Crippen LogP contribution in [0, 0.1) is 6.92 Å². The van der Waals surface area contributed by atoms with Crippen molar-refractivity contribution in [2.24, 2.45) is 4.99 Å². The van der Waals surface area contributed by atoms with Crippen LogP contribution in [-0.2, 0) is 19.3 Å². The first kappa shape index (κ1) is 17.5. The molecule has 0 bridgehead atoms. The quantitative estimate of drug-likeness (QED) is 0.537. The van der Waals surface area contributed by atoms with Crippen molar-refractivity contribution >= 4 is 11.4 Å². The average Bonchev–Trinajstić information content (AvgIpc) is 2.56. The van der Waals surface area contributed by atoms with Gasteiger partial charge >= 0.3 is 0 Å². The highest BCUT2D eigenvalue weighted by atomic mass is 14.7. The number of hydrogen-bond acceptors (Lipinski definition) is 1. The normalized spacial score (nSPS) is 11.7. The first-order chi connectivity index (χ1) is 11.1. The largest absolute Gasteiger partial charge is 0.258 e. The maximum absolute atomic E-state index is 4.80. The van der Waals surface area contributed by atoms with E-state index in [4.69, 9.17) is 4.99 Å². The molecule has 0 heterocycles. The third-order valence-electron chi connectivity index (χ3n) is 4.33. The molecule has 0 aliphatic heterocycles. The number of hydrogen-bond donors (Lipinski definition) is 0. The highest BCUT2D eigenvalue weighted by Gasteiger charge is 2.02. The van der Waals surface area contributed by atoms with Crippen LogP contribution in [0.5, 0.6) is 0 Å². The second kappa shape index (κ2) is 8.67. The Bertz CT molecular complexity index is 650. The van der Waals surface area contributed by atoms with E-state index in [0.29, 0.717) is 0 Å². The molecular formula is C22H29N. The highest BCUT2D eigenvalue weighted by Crippen LogP contribution is 2.22. The molecule has 0 atom stereocenters. The van der Waals surface area contributed by atoms with Gasteiger partial charge in [-0.1, -0.05) is 56.7 Å². The van der Waals surface area contributed by atoms with Gasteiger partial charge in [0.25, 0.3) is 0 Å². The van der Waals surface area contributed by atoms with Gasteiger partial charge in [0, 0.05) is 5.71 Å². The highest BCUT2D eigenvalue weighted by molar-refractivity contribution is 5.84. The van der Waals surface area contributed by atoms with E-state index in [-0.39, 0.29) is 0 Å². The zero-order valence-electron chi connectivity index (χ0n) is 15.0. The molecule has 0 amide bonds. The van der Waals surface area contributed by atoms with Crippen LogP contribution in [0.15, 0.2) is 47.5 Å². The molecular weight excluding hydrogens is 278 g/mol.